The number of nitrogens with two attached hydrogens (primary N) is 1. The van der Waals surface area contributed by atoms with Gasteiger partial charge in [-0.3, -0.25) is 9.59 Å². The number of rotatable bonds is 5. The highest BCUT2D eigenvalue weighted by molar-refractivity contribution is 6.01. The summed E-state index contributed by atoms with van der Waals surface area (Å²) in [5, 5.41) is 7.02. The molecular formula is C19H18FN5O4. The third-order valence-electron chi connectivity index (χ3n) is 4.67. The third-order valence-corrected chi connectivity index (χ3v) is 4.67. The van der Waals surface area contributed by atoms with Gasteiger partial charge in [0.05, 0.1) is 24.8 Å². The zero-order valence-electron chi connectivity index (χ0n) is 15.5. The average molecular weight is 399 g/mol. The van der Waals surface area contributed by atoms with E-state index < -0.39 is 17.6 Å². The molecule has 0 unspecified atom stereocenters. The molecule has 150 valence electrons. The molecule has 4 rings (SSSR count). The summed E-state index contributed by atoms with van der Waals surface area (Å²) in [6, 6.07) is 5.35. The molecule has 3 N–H and O–H groups in total. The highest BCUT2D eigenvalue weighted by Crippen LogP contribution is 2.32. The standard InChI is InChI=1S/C19H18FN5O4/c1-28-9-14-16(17(21)26)25-18(23-14)12(4-6-22-25)19(27)24-13-5-7-29-15-8-10(20)2-3-11(13)15/h2-4,6,8,13H,5,7,9H2,1H3,(H2,21,26)(H,24,27)/t13-/m0/s1. The molecule has 0 spiro atoms. The van der Waals surface area contributed by atoms with Gasteiger partial charge in [0, 0.05) is 31.4 Å². The van der Waals surface area contributed by atoms with E-state index in [4.69, 9.17) is 15.2 Å². The molecule has 0 fully saturated rings. The van der Waals surface area contributed by atoms with Crippen LogP contribution in [0, 0.1) is 5.82 Å². The van der Waals surface area contributed by atoms with Crippen LogP contribution in [0.25, 0.3) is 5.65 Å². The van der Waals surface area contributed by atoms with Gasteiger partial charge in [0.25, 0.3) is 11.8 Å². The second kappa shape index (κ2) is 7.47. The lowest BCUT2D eigenvalue weighted by Gasteiger charge is -2.26. The Bertz CT molecular complexity index is 1110. The van der Waals surface area contributed by atoms with Crippen LogP contribution in [0.3, 0.4) is 0 Å². The van der Waals surface area contributed by atoms with Crippen LogP contribution in [0.1, 0.15) is 44.6 Å². The number of primary amides is 1. The summed E-state index contributed by atoms with van der Waals surface area (Å²) in [7, 11) is 1.46. The Labute approximate surface area is 164 Å². The van der Waals surface area contributed by atoms with Gasteiger partial charge in [-0.15, -0.1) is 0 Å². The number of carbonyl (C=O) groups is 2. The topological polar surface area (TPSA) is 121 Å². The van der Waals surface area contributed by atoms with Gasteiger partial charge >= 0.3 is 0 Å². The Morgan fingerprint density at radius 2 is 2.24 bits per heavy atom. The van der Waals surface area contributed by atoms with Gasteiger partial charge in [0.2, 0.25) is 0 Å². The normalized spacial score (nSPS) is 15.6. The lowest BCUT2D eigenvalue weighted by molar-refractivity contribution is 0.0923. The fraction of sp³-hybridized carbons (Fsp3) is 0.263. The van der Waals surface area contributed by atoms with E-state index >= 15 is 0 Å². The number of nitrogens with zero attached hydrogens (tertiary/aromatic N) is 3. The number of methoxy groups -OCH3 is 1. The number of ether oxygens (including phenoxy) is 2. The van der Waals surface area contributed by atoms with E-state index in [0.29, 0.717) is 30.0 Å². The summed E-state index contributed by atoms with van der Waals surface area (Å²) < 4.78 is 25.2. The molecule has 1 atom stereocenters. The largest absolute Gasteiger partial charge is 0.493 e. The van der Waals surface area contributed by atoms with Crippen molar-refractivity contribution in [3.8, 4) is 5.75 Å². The van der Waals surface area contributed by atoms with Gasteiger partial charge < -0.3 is 20.5 Å². The Morgan fingerprint density at radius 1 is 1.41 bits per heavy atom. The first-order valence-electron chi connectivity index (χ1n) is 8.88. The molecule has 0 saturated heterocycles. The van der Waals surface area contributed by atoms with E-state index in [0.717, 1.165) is 0 Å². The molecule has 3 aromatic rings. The number of fused-ring (bicyclic) bond motifs is 2. The first-order chi connectivity index (χ1) is 14.0. The van der Waals surface area contributed by atoms with Crippen molar-refractivity contribution in [3.63, 3.8) is 0 Å². The first-order valence-corrected chi connectivity index (χ1v) is 8.88. The van der Waals surface area contributed by atoms with Crippen LogP contribution in [0.4, 0.5) is 4.39 Å². The maximum atomic E-state index is 13.5. The summed E-state index contributed by atoms with van der Waals surface area (Å²) in [5.41, 5.74) is 6.91. The molecule has 10 heteroatoms. The van der Waals surface area contributed by atoms with Crippen molar-refractivity contribution < 1.29 is 23.5 Å². The SMILES string of the molecule is COCc1nc2c(C(=O)N[C@H]3CCOc4cc(F)ccc43)ccnn2c1C(N)=O. The van der Waals surface area contributed by atoms with Gasteiger partial charge in [-0.2, -0.15) is 5.10 Å². The predicted octanol–water partition coefficient (Wildman–Crippen LogP) is 1.37. The van der Waals surface area contributed by atoms with Crippen molar-refractivity contribution in [1.29, 1.82) is 0 Å². The molecule has 2 aromatic heterocycles. The van der Waals surface area contributed by atoms with Crippen LogP contribution >= 0.6 is 0 Å². The Morgan fingerprint density at radius 3 is 3.00 bits per heavy atom. The van der Waals surface area contributed by atoms with Gasteiger partial charge in [-0.1, -0.05) is 6.07 Å². The van der Waals surface area contributed by atoms with E-state index in [-0.39, 0.29) is 29.6 Å². The summed E-state index contributed by atoms with van der Waals surface area (Å²) in [6.45, 7) is 0.391. The number of imidazole rings is 1. The molecule has 1 aromatic carbocycles. The summed E-state index contributed by atoms with van der Waals surface area (Å²) in [5.74, 6) is -1.14. The van der Waals surface area contributed by atoms with Crippen molar-refractivity contribution >= 4 is 17.5 Å². The number of carbonyl (C=O) groups excluding carboxylic acids is 2. The van der Waals surface area contributed by atoms with Crippen molar-refractivity contribution in [2.75, 3.05) is 13.7 Å². The van der Waals surface area contributed by atoms with Crippen LogP contribution in [0.5, 0.6) is 5.75 Å². The summed E-state index contributed by atoms with van der Waals surface area (Å²) in [6.07, 6.45) is 1.92. The number of aromatic nitrogens is 3. The van der Waals surface area contributed by atoms with Crippen LogP contribution in [-0.4, -0.2) is 40.1 Å². The number of nitrogens with one attached hydrogen (secondary N) is 1. The maximum Gasteiger partial charge on any atom is 0.269 e. The summed E-state index contributed by atoms with van der Waals surface area (Å²) >= 11 is 0. The smallest absolute Gasteiger partial charge is 0.269 e. The molecule has 29 heavy (non-hydrogen) atoms. The monoisotopic (exact) mass is 399 g/mol. The molecule has 0 bridgehead atoms. The molecule has 2 amide bonds. The molecule has 0 saturated carbocycles. The minimum atomic E-state index is -0.727. The van der Waals surface area contributed by atoms with E-state index in [1.807, 2.05) is 0 Å². The molecule has 1 aliphatic rings. The van der Waals surface area contributed by atoms with Gasteiger partial charge in [0.1, 0.15) is 17.3 Å². The second-order valence-corrected chi connectivity index (χ2v) is 6.53. The number of amides is 2. The lowest BCUT2D eigenvalue weighted by atomic mass is 10.00. The van der Waals surface area contributed by atoms with Crippen LogP contribution in [-0.2, 0) is 11.3 Å². The quantitative estimate of drug-likeness (QED) is 0.668. The number of hydrogen-bond acceptors (Lipinski definition) is 6. The Hall–Kier alpha value is -3.53. The number of halogens is 1. The zero-order chi connectivity index (χ0) is 20.5. The van der Waals surface area contributed by atoms with E-state index in [1.165, 1.54) is 36.0 Å². The fourth-order valence-electron chi connectivity index (χ4n) is 3.40. The van der Waals surface area contributed by atoms with E-state index in [1.54, 1.807) is 6.07 Å². The fourth-order valence-corrected chi connectivity index (χ4v) is 3.40. The number of hydrogen-bond donors (Lipinski definition) is 2. The summed E-state index contributed by atoms with van der Waals surface area (Å²) in [4.78, 5) is 29.2. The van der Waals surface area contributed by atoms with Crippen LogP contribution in [0.15, 0.2) is 30.5 Å². The molecular weight excluding hydrogens is 381 g/mol. The maximum absolute atomic E-state index is 13.5. The van der Waals surface area contributed by atoms with Gasteiger partial charge in [-0.05, 0) is 12.1 Å². The van der Waals surface area contributed by atoms with Gasteiger partial charge in [0.15, 0.2) is 11.3 Å². The predicted molar refractivity (Wildman–Crippen MR) is 98.9 cm³/mol. The van der Waals surface area contributed by atoms with E-state index in [9.17, 15) is 14.0 Å². The molecule has 1 aliphatic heterocycles. The first kappa shape index (κ1) is 18.8. The average Bonchev–Trinajstić information content (AvgIpc) is 3.06. The minimum absolute atomic E-state index is 0.0432. The molecule has 3 heterocycles. The number of benzene rings is 1. The Kier molecular flexibility index (Phi) is 4.85. The van der Waals surface area contributed by atoms with E-state index in [2.05, 4.69) is 15.4 Å². The van der Waals surface area contributed by atoms with Crippen molar-refractivity contribution in [2.24, 2.45) is 5.73 Å². The minimum Gasteiger partial charge on any atom is -0.493 e. The highest BCUT2D eigenvalue weighted by atomic mass is 19.1. The van der Waals surface area contributed by atoms with Crippen LogP contribution < -0.4 is 15.8 Å². The molecule has 9 nitrogen and oxygen atoms in total. The van der Waals surface area contributed by atoms with Crippen molar-refractivity contribution in [1.82, 2.24) is 19.9 Å². The molecule has 0 radical (unpaired) electrons. The Balaban J connectivity index is 1.70. The van der Waals surface area contributed by atoms with Crippen LogP contribution in [0.2, 0.25) is 0 Å². The lowest BCUT2D eigenvalue weighted by Crippen LogP contribution is -2.32. The third kappa shape index (κ3) is 3.38. The second-order valence-electron chi connectivity index (χ2n) is 6.53. The molecule has 0 aliphatic carbocycles. The van der Waals surface area contributed by atoms with Gasteiger partial charge in [-0.25, -0.2) is 13.9 Å². The highest BCUT2D eigenvalue weighted by Gasteiger charge is 2.26. The zero-order valence-corrected chi connectivity index (χ0v) is 15.5. The van der Waals surface area contributed by atoms with Crippen molar-refractivity contribution in [2.45, 2.75) is 19.1 Å². The van der Waals surface area contributed by atoms with Crippen molar-refractivity contribution in [3.05, 3.63) is 58.8 Å².